The quantitative estimate of drug-likeness (QED) is 0.348. The first-order chi connectivity index (χ1) is 6.06. The molecule has 0 saturated heterocycles. The van der Waals surface area contributed by atoms with Crippen LogP contribution in [0.15, 0.2) is 0 Å². The first kappa shape index (κ1) is 13.4. The van der Waals surface area contributed by atoms with Crippen LogP contribution in [0.25, 0.3) is 0 Å². The van der Waals surface area contributed by atoms with Gasteiger partial charge in [0.2, 0.25) is 0 Å². The molecule has 0 fully saturated rings. The Morgan fingerprint density at radius 2 is 1.92 bits per heavy atom. The zero-order valence-electron chi connectivity index (χ0n) is 7.48. The highest BCUT2D eigenvalue weighted by atomic mass is 32.7. The summed E-state index contributed by atoms with van der Waals surface area (Å²) in [4.78, 5) is 17.0. The molecule has 0 aliphatic heterocycles. The summed E-state index contributed by atoms with van der Waals surface area (Å²) >= 11 is 0.699. The van der Waals surface area contributed by atoms with E-state index in [4.69, 9.17) is 15.5 Å². The summed E-state index contributed by atoms with van der Waals surface area (Å²) in [6, 6.07) is 0. The zero-order chi connectivity index (χ0) is 10.2. The topological polar surface area (TPSA) is 95.6 Å². The maximum Gasteiger partial charge on any atom is 0.383 e. The molecule has 0 aliphatic carbocycles. The Labute approximate surface area is 82.4 Å². The van der Waals surface area contributed by atoms with E-state index in [9.17, 15) is 4.57 Å². The van der Waals surface area contributed by atoms with E-state index >= 15 is 0 Å². The monoisotopic (exact) mass is 228 g/mol. The molecule has 0 radical (unpaired) electrons. The SMILES string of the molecule is NCCCNCCCSP(=O)(O)O. The predicted octanol–water partition coefficient (Wildman–Crippen LogP) is 0.141. The van der Waals surface area contributed by atoms with Gasteiger partial charge in [-0.05, 0) is 43.9 Å². The summed E-state index contributed by atoms with van der Waals surface area (Å²) in [5.74, 6) is 0.486. The summed E-state index contributed by atoms with van der Waals surface area (Å²) in [6.07, 6.45) is 1.70. The van der Waals surface area contributed by atoms with Gasteiger partial charge in [0.1, 0.15) is 0 Å². The molecule has 0 aromatic carbocycles. The molecular formula is C6H17N2O3PS. The molecular weight excluding hydrogens is 211 g/mol. The highest BCUT2D eigenvalue weighted by Gasteiger charge is 2.11. The second kappa shape index (κ2) is 7.79. The van der Waals surface area contributed by atoms with Crippen molar-refractivity contribution in [3.63, 3.8) is 0 Å². The van der Waals surface area contributed by atoms with Crippen LogP contribution in [0.2, 0.25) is 0 Å². The molecule has 0 spiro atoms. The molecule has 0 atom stereocenters. The number of hydrogen-bond donors (Lipinski definition) is 4. The van der Waals surface area contributed by atoms with Crippen LogP contribution >= 0.6 is 18.2 Å². The summed E-state index contributed by atoms with van der Waals surface area (Å²) < 4.78 is 10.4. The molecule has 0 heterocycles. The maximum atomic E-state index is 10.4. The molecule has 0 aliphatic rings. The van der Waals surface area contributed by atoms with E-state index < -0.39 is 6.80 Å². The van der Waals surface area contributed by atoms with Gasteiger partial charge in [0.15, 0.2) is 0 Å². The van der Waals surface area contributed by atoms with E-state index in [1.165, 1.54) is 0 Å². The Balaban J connectivity index is 3.04. The van der Waals surface area contributed by atoms with Gasteiger partial charge in [-0.2, -0.15) is 0 Å². The smallest absolute Gasteiger partial charge is 0.330 e. The Morgan fingerprint density at radius 3 is 2.46 bits per heavy atom. The lowest BCUT2D eigenvalue weighted by atomic mass is 10.4. The van der Waals surface area contributed by atoms with Gasteiger partial charge < -0.3 is 20.8 Å². The van der Waals surface area contributed by atoms with Gasteiger partial charge >= 0.3 is 6.80 Å². The molecule has 0 rings (SSSR count). The zero-order valence-corrected chi connectivity index (χ0v) is 9.19. The van der Waals surface area contributed by atoms with Crippen molar-refractivity contribution in [3.05, 3.63) is 0 Å². The molecule has 0 bridgehead atoms. The first-order valence-electron chi connectivity index (χ1n) is 4.17. The van der Waals surface area contributed by atoms with Crippen molar-refractivity contribution in [2.75, 3.05) is 25.4 Å². The highest BCUT2D eigenvalue weighted by Crippen LogP contribution is 2.50. The minimum absolute atomic E-state index is 0.486. The van der Waals surface area contributed by atoms with Crippen LogP contribution in [0.3, 0.4) is 0 Å². The fraction of sp³-hybridized carbons (Fsp3) is 1.00. The van der Waals surface area contributed by atoms with Crippen molar-refractivity contribution < 1.29 is 14.4 Å². The fourth-order valence-corrected chi connectivity index (χ4v) is 2.34. The van der Waals surface area contributed by atoms with E-state index in [2.05, 4.69) is 5.32 Å². The number of nitrogens with one attached hydrogen (secondary N) is 1. The van der Waals surface area contributed by atoms with Crippen molar-refractivity contribution >= 4 is 18.2 Å². The van der Waals surface area contributed by atoms with Crippen LogP contribution < -0.4 is 11.1 Å². The van der Waals surface area contributed by atoms with E-state index in [0.717, 1.165) is 25.9 Å². The maximum absolute atomic E-state index is 10.4. The summed E-state index contributed by atoms with van der Waals surface area (Å²) in [5.41, 5.74) is 5.28. The van der Waals surface area contributed by atoms with Gasteiger partial charge in [-0.3, -0.25) is 0 Å². The lowest BCUT2D eigenvalue weighted by molar-refractivity contribution is 0.397. The molecule has 13 heavy (non-hydrogen) atoms. The molecule has 0 amide bonds. The molecule has 0 saturated carbocycles. The molecule has 7 heteroatoms. The lowest BCUT2D eigenvalue weighted by Crippen LogP contribution is -2.19. The van der Waals surface area contributed by atoms with Crippen LogP contribution in [-0.2, 0) is 4.57 Å². The molecule has 0 aromatic rings. The van der Waals surface area contributed by atoms with E-state index in [-0.39, 0.29) is 0 Å². The number of hydrogen-bond acceptors (Lipinski definition) is 4. The molecule has 5 nitrogen and oxygen atoms in total. The second-order valence-corrected chi connectivity index (χ2v) is 6.42. The molecule has 0 unspecified atom stereocenters. The van der Waals surface area contributed by atoms with E-state index in [1.807, 2.05) is 0 Å². The third-order valence-corrected chi connectivity index (χ3v) is 3.68. The highest BCUT2D eigenvalue weighted by molar-refractivity contribution is 8.54. The standard InChI is InChI=1S/C6H17N2O3PS/c7-3-1-4-8-5-2-6-13-12(9,10)11/h8H,1-7H2,(H2,9,10,11). The predicted molar refractivity (Wildman–Crippen MR) is 55.7 cm³/mol. The van der Waals surface area contributed by atoms with Crippen molar-refractivity contribution in [1.82, 2.24) is 5.32 Å². The summed E-state index contributed by atoms with van der Waals surface area (Å²) in [5, 5.41) is 3.13. The van der Waals surface area contributed by atoms with Crippen molar-refractivity contribution in [3.8, 4) is 0 Å². The third-order valence-electron chi connectivity index (χ3n) is 1.32. The molecule has 0 aromatic heterocycles. The average molecular weight is 228 g/mol. The Bertz CT molecular complexity index is 164. The largest absolute Gasteiger partial charge is 0.383 e. The Hall–Kier alpha value is 0.420. The average Bonchev–Trinajstić information content (AvgIpc) is 2.01. The third kappa shape index (κ3) is 12.4. The molecule has 80 valence electrons. The van der Waals surface area contributed by atoms with Crippen molar-refractivity contribution in [2.24, 2.45) is 5.73 Å². The minimum Gasteiger partial charge on any atom is -0.330 e. The summed E-state index contributed by atoms with van der Waals surface area (Å²) in [7, 11) is 0. The van der Waals surface area contributed by atoms with E-state index in [1.54, 1.807) is 0 Å². The van der Waals surface area contributed by atoms with Gasteiger partial charge in [-0.25, -0.2) is 4.57 Å². The van der Waals surface area contributed by atoms with Gasteiger partial charge in [-0.15, -0.1) is 0 Å². The van der Waals surface area contributed by atoms with Gasteiger partial charge in [0.05, 0.1) is 0 Å². The fourth-order valence-electron chi connectivity index (χ4n) is 0.733. The van der Waals surface area contributed by atoms with Crippen LogP contribution in [0.1, 0.15) is 12.8 Å². The first-order valence-corrected chi connectivity index (χ1v) is 7.37. The van der Waals surface area contributed by atoms with Gasteiger partial charge in [-0.1, -0.05) is 0 Å². The Kier molecular flexibility index (Phi) is 8.04. The summed E-state index contributed by atoms with van der Waals surface area (Å²) in [6.45, 7) is -1.53. The van der Waals surface area contributed by atoms with Crippen LogP contribution in [0.5, 0.6) is 0 Å². The van der Waals surface area contributed by atoms with Crippen molar-refractivity contribution in [2.45, 2.75) is 12.8 Å². The van der Waals surface area contributed by atoms with Crippen molar-refractivity contribution in [1.29, 1.82) is 0 Å². The van der Waals surface area contributed by atoms with Gasteiger partial charge in [0, 0.05) is 5.75 Å². The van der Waals surface area contributed by atoms with Gasteiger partial charge in [0.25, 0.3) is 0 Å². The van der Waals surface area contributed by atoms with Crippen LogP contribution in [0.4, 0.5) is 0 Å². The second-order valence-electron chi connectivity index (χ2n) is 2.57. The Morgan fingerprint density at radius 1 is 1.31 bits per heavy atom. The van der Waals surface area contributed by atoms with Crippen LogP contribution in [0, 0.1) is 0 Å². The molecule has 5 N–H and O–H groups in total. The number of nitrogens with two attached hydrogens (primary N) is 1. The number of rotatable bonds is 8. The normalized spacial score (nSPS) is 11.9. The van der Waals surface area contributed by atoms with Crippen LogP contribution in [-0.4, -0.2) is 35.2 Å². The minimum atomic E-state index is -3.86. The van der Waals surface area contributed by atoms with E-state index in [0.29, 0.717) is 23.7 Å². The lowest BCUT2D eigenvalue weighted by Gasteiger charge is -2.04.